The summed E-state index contributed by atoms with van der Waals surface area (Å²) in [5.74, 6) is 0.738. The number of benzene rings is 1. The molecule has 2 aromatic rings. The van der Waals surface area contributed by atoms with Crippen LogP contribution in [0.1, 0.15) is 28.9 Å². The van der Waals surface area contributed by atoms with Crippen LogP contribution < -0.4 is 4.74 Å². The third-order valence-electron chi connectivity index (χ3n) is 2.98. The van der Waals surface area contributed by atoms with Crippen LogP contribution in [-0.2, 0) is 7.05 Å². The van der Waals surface area contributed by atoms with Crippen molar-refractivity contribution in [3.8, 4) is 5.75 Å². The van der Waals surface area contributed by atoms with E-state index in [0.717, 1.165) is 18.6 Å². The molecule has 0 unspecified atom stereocenters. The minimum atomic E-state index is -0.0313. The summed E-state index contributed by atoms with van der Waals surface area (Å²) in [6.07, 6.45) is 4.18. The average Bonchev–Trinajstić information content (AvgIpc) is 3.08. The highest BCUT2D eigenvalue weighted by atomic mass is 16.5. The Balaban J connectivity index is 1.87. The third kappa shape index (κ3) is 2.14. The first-order valence-electron chi connectivity index (χ1n) is 6.03. The van der Waals surface area contributed by atoms with Gasteiger partial charge in [-0.15, -0.1) is 0 Å². The number of ketones is 1. The summed E-state index contributed by atoms with van der Waals surface area (Å²) in [6, 6.07) is 9.05. The Hall–Kier alpha value is -2.10. The largest absolute Gasteiger partial charge is 0.490 e. The van der Waals surface area contributed by atoms with Crippen molar-refractivity contribution in [2.75, 3.05) is 0 Å². The number of nitrogens with zero attached hydrogens (tertiary/aromatic N) is 2. The number of carbonyl (C=O) groups excluding carboxylic acids is 1. The fourth-order valence-corrected chi connectivity index (χ4v) is 1.83. The lowest BCUT2D eigenvalue weighted by molar-refractivity contribution is 0.102. The van der Waals surface area contributed by atoms with Crippen molar-refractivity contribution in [2.45, 2.75) is 18.9 Å². The standard InChI is InChI=1S/C14H14N2O2/c1-16-13(7-8-15-16)14(17)10-3-2-4-12(9-10)18-11-5-6-11/h2-4,7-9,11H,5-6H2,1H3. The summed E-state index contributed by atoms with van der Waals surface area (Å²) in [4.78, 5) is 12.3. The minimum Gasteiger partial charge on any atom is -0.490 e. The van der Waals surface area contributed by atoms with Gasteiger partial charge in [0.05, 0.1) is 6.10 Å². The van der Waals surface area contributed by atoms with Gasteiger partial charge in [0.25, 0.3) is 0 Å². The molecule has 0 N–H and O–H groups in total. The second kappa shape index (κ2) is 4.29. The monoisotopic (exact) mass is 242 g/mol. The van der Waals surface area contributed by atoms with Crippen LogP contribution in [0.2, 0.25) is 0 Å². The second-order valence-corrected chi connectivity index (χ2v) is 4.51. The van der Waals surface area contributed by atoms with Crippen LogP contribution >= 0.6 is 0 Å². The molecule has 1 aromatic heterocycles. The van der Waals surface area contributed by atoms with E-state index >= 15 is 0 Å². The maximum Gasteiger partial charge on any atom is 0.211 e. The molecule has 0 atom stereocenters. The molecule has 1 aromatic carbocycles. The zero-order chi connectivity index (χ0) is 12.5. The lowest BCUT2D eigenvalue weighted by Gasteiger charge is -2.06. The number of aryl methyl sites for hydroxylation is 1. The normalized spacial score (nSPS) is 14.5. The number of rotatable bonds is 4. The molecular formula is C14H14N2O2. The number of carbonyl (C=O) groups is 1. The van der Waals surface area contributed by atoms with Gasteiger partial charge < -0.3 is 4.74 Å². The highest BCUT2D eigenvalue weighted by molar-refractivity contribution is 6.08. The highest BCUT2D eigenvalue weighted by Crippen LogP contribution is 2.27. The summed E-state index contributed by atoms with van der Waals surface area (Å²) in [5, 5.41) is 4.01. The number of aromatic nitrogens is 2. The van der Waals surface area contributed by atoms with Crippen LogP contribution in [-0.4, -0.2) is 21.7 Å². The van der Waals surface area contributed by atoms with Gasteiger partial charge in [0.15, 0.2) is 0 Å². The van der Waals surface area contributed by atoms with E-state index in [1.807, 2.05) is 12.1 Å². The molecule has 1 heterocycles. The van der Waals surface area contributed by atoms with Crippen molar-refractivity contribution in [1.82, 2.24) is 9.78 Å². The fourth-order valence-electron chi connectivity index (χ4n) is 1.83. The summed E-state index contributed by atoms with van der Waals surface area (Å²) in [5.41, 5.74) is 1.22. The molecule has 3 rings (SSSR count). The molecule has 0 saturated heterocycles. The van der Waals surface area contributed by atoms with Crippen molar-refractivity contribution in [2.24, 2.45) is 7.05 Å². The Bertz CT molecular complexity index is 585. The zero-order valence-corrected chi connectivity index (χ0v) is 10.2. The van der Waals surface area contributed by atoms with Gasteiger partial charge in [-0.1, -0.05) is 12.1 Å². The molecule has 0 aliphatic heterocycles. The Morgan fingerprint density at radius 3 is 2.89 bits per heavy atom. The topological polar surface area (TPSA) is 44.1 Å². The van der Waals surface area contributed by atoms with E-state index in [4.69, 9.17) is 4.74 Å². The van der Waals surface area contributed by atoms with Gasteiger partial charge in [0, 0.05) is 18.8 Å². The summed E-state index contributed by atoms with van der Waals surface area (Å²) in [7, 11) is 1.76. The molecular weight excluding hydrogens is 228 g/mol. The Kier molecular flexibility index (Phi) is 2.63. The molecule has 1 fully saturated rings. The van der Waals surface area contributed by atoms with Gasteiger partial charge >= 0.3 is 0 Å². The number of hydrogen-bond donors (Lipinski definition) is 0. The lowest BCUT2D eigenvalue weighted by atomic mass is 10.1. The first kappa shape index (κ1) is 11.0. The molecule has 1 saturated carbocycles. The van der Waals surface area contributed by atoms with Crippen molar-refractivity contribution in [3.63, 3.8) is 0 Å². The highest BCUT2D eigenvalue weighted by Gasteiger charge is 2.23. The molecule has 0 amide bonds. The van der Waals surface area contributed by atoms with Crippen LogP contribution in [0, 0.1) is 0 Å². The zero-order valence-electron chi connectivity index (χ0n) is 10.2. The Morgan fingerprint density at radius 1 is 1.39 bits per heavy atom. The van der Waals surface area contributed by atoms with E-state index < -0.39 is 0 Å². The molecule has 4 nitrogen and oxygen atoms in total. The van der Waals surface area contributed by atoms with Gasteiger partial charge in [-0.05, 0) is 31.0 Å². The molecule has 0 spiro atoms. The third-order valence-corrected chi connectivity index (χ3v) is 2.98. The van der Waals surface area contributed by atoms with E-state index in [1.54, 1.807) is 36.1 Å². The van der Waals surface area contributed by atoms with Gasteiger partial charge in [-0.3, -0.25) is 9.48 Å². The van der Waals surface area contributed by atoms with Gasteiger partial charge in [-0.25, -0.2) is 0 Å². The van der Waals surface area contributed by atoms with E-state index in [9.17, 15) is 4.79 Å². The second-order valence-electron chi connectivity index (χ2n) is 4.51. The first-order chi connectivity index (χ1) is 8.74. The minimum absolute atomic E-state index is 0.0313. The van der Waals surface area contributed by atoms with E-state index in [-0.39, 0.29) is 5.78 Å². The molecule has 92 valence electrons. The van der Waals surface area contributed by atoms with Crippen LogP contribution in [0.15, 0.2) is 36.5 Å². The Labute approximate surface area is 105 Å². The van der Waals surface area contributed by atoms with E-state index in [2.05, 4.69) is 5.10 Å². The predicted octanol–water partition coefficient (Wildman–Crippen LogP) is 2.19. The van der Waals surface area contributed by atoms with Crippen molar-refractivity contribution >= 4 is 5.78 Å². The first-order valence-corrected chi connectivity index (χ1v) is 6.03. The summed E-state index contributed by atoms with van der Waals surface area (Å²) < 4.78 is 7.27. The summed E-state index contributed by atoms with van der Waals surface area (Å²) >= 11 is 0. The fraction of sp³-hybridized carbons (Fsp3) is 0.286. The molecule has 0 bridgehead atoms. The molecule has 0 radical (unpaired) electrons. The SMILES string of the molecule is Cn1nccc1C(=O)c1cccc(OC2CC2)c1. The summed E-state index contributed by atoms with van der Waals surface area (Å²) in [6.45, 7) is 0. The maximum atomic E-state index is 12.3. The smallest absolute Gasteiger partial charge is 0.211 e. The quantitative estimate of drug-likeness (QED) is 0.772. The number of hydrogen-bond acceptors (Lipinski definition) is 3. The molecule has 4 heteroatoms. The van der Waals surface area contributed by atoms with Gasteiger partial charge in [0.1, 0.15) is 11.4 Å². The van der Waals surface area contributed by atoms with Crippen LogP contribution in [0.25, 0.3) is 0 Å². The van der Waals surface area contributed by atoms with Crippen molar-refractivity contribution < 1.29 is 9.53 Å². The number of ether oxygens (including phenoxy) is 1. The van der Waals surface area contributed by atoms with Gasteiger partial charge in [0.2, 0.25) is 5.78 Å². The maximum absolute atomic E-state index is 12.3. The van der Waals surface area contributed by atoms with Crippen LogP contribution in [0.3, 0.4) is 0 Å². The van der Waals surface area contributed by atoms with Crippen molar-refractivity contribution in [1.29, 1.82) is 0 Å². The molecule has 1 aliphatic carbocycles. The van der Waals surface area contributed by atoms with E-state index in [1.165, 1.54) is 0 Å². The van der Waals surface area contributed by atoms with Crippen molar-refractivity contribution in [3.05, 3.63) is 47.8 Å². The lowest BCUT2D eigenvalue weighted by Crippen LogP contribution is -2.08. The van der Waals surface area contributed by atoms with E-state index in [0.29, 0.717) is 17.4 Å². The predicted molar refractivity (Wildman–Crippen MR) is 66.7 cm³/mol. The average molecular weight is 242 g/mol. The van der Waals surface area contributed by atoms with Crippen LogP contribution in [0.5, 0.6) is 5.75 Å². The Morgan fingerprint density at radius 2 is 2.22 bits per heavy atom. The molecule has 1 aliphatic rings. The molecule has 18 heavy (non-hydrogen) atoms. The van der Waals surface area contributed by atoms with Crippen LogP contribution in [0.4, 0.5) is 0 Å². The van der Waals surface area contributed by atoms with Gasteiger partial charge in [-0.2, -0.15) is 5.10 Å².